The molecule has 0 bridgehead atoms. The number of rotatable bonds is 2. The van der Waals surface area contributed by atoms with Gasteiger partial charge in [0.05, 0.1) is 5.69 Å². The minimum absolute atomic E-state index is 0.353. The summed E-state index contributed by atoms with van der Waals surface area (Å²) in [4.78, 5) is 16.8. The second-order valence-electron chi connectivity index (χ2n) is 4.85. The van der Waals surface area contributed by atoms with E-state index in [0.29, 0.717) is 4.88 Å². The average molecular weight is 286 g/mol. The fourth-order valence-corrected chi connectivity index (χ4v) is 3.40. The average Bonchev–Trinajstić information content (AvgIpc) is 2.89. The molecule has 0 aliphatic heterocycles. The monoisotopic (exact) mass is 286 g/mol. The molecule has 3 aromatic rings. The van der Waals surface area contributed by atoms with E-state index in [9.17, 15) is 4.79 Å². The van der Waals surface area contributed by atoms with Crippen molar-refractivity contribution in [3.05, 3.63) is 46.1 Å². The van der Waals surface area contributed by atoms with Gasteiger partial charge in [-0.1, -0.05) is 41.2 Å². The van der Waals surface area contributed by atoms with Crippen molar-refractivity contribution in [1.82, 2.24) is 9.38 Å². The first kappa shape index (κ1) is 12.9. The van der Waals surface area contributed by atoms with E-state index in [1.165, 1.54) is 16.9 Å². The normalized spacial score (nSPS) is 11.2. The maximum absolute atomic E-state index is 11.2. The van der Waals surface area contributed by atoms with E-state index in [1.807, 2.05) is 37.3 Å². The Morgan fingerprint density at radius 1 is 1.15 bits per heavy atom. The van der Waals surface area contributed by atoms with Gasteiger partial charge in [0.15, 0.2) is 4.96 Å². The second-order valence-corrected chi connectivity index (χ2v) is 5.83. The fourth-order valence-electron chi connectivity index (χ4n) is 2.39. The molecule has 0 spiro atoms. The molecule has 2 heterocycles. The number of benzene rings is 1. The highest BCUT2D eigenvalue weighted by Gasteiger charge is 2.20. The molecule has 1 aromatic carbocycles. The number of aromatic nitrogens is 2. The maximum Gasteiger partial charge on any atom is 0.347 e. The van der Waals surface area contributed by atoms with Gasteiger partial charge in [-0.05, 0) is 20.8 Å². The van der Waals surface area contributed by atoms with Gasteiger partial charge in [0, 0.05) is 17.0 Å². The van der Waals surface area contributed by atoms with Crippen molar-refractivity contribution < 1.29 is 9.90 Å². The highest BCUT2D eigenvalue weighted by molar-refractivity contribution is 7.19. The van der Waals surface area contributed by atoms with Crippen molar-refractivity contribution in [1.29, 1.82) is 0 Å². The maximum atomic E-state index is 11.2. The lowest BCUT2D eigenvalue weighted by Crippen LogP contribution is -1.98. The highest BCUT2D eigenvalue weighted by Crippen LogP contribution is 2.30. The Bertz CT molecular complexity index is 813. The Balaban J connectivity index is 2.22. The first-order valence-electron chi connectivity index (χ1n) is 6.28. The third-order valence-corrected chi connectivity index (χ3v) is 4.58. The van der Waals surface area contributed by atoms with Crippen LogP contribution in [0.1, 0.15) is 26.6 Å². The predicted molar refractivity (Wildman–Crippen MR) is 79.7 cm³/mol. The number of nitrogens with zero attached hydrogens (tertiary/aromatic N) is 2. The Kier molecular flexibility index (Phi) is 2.87. The first-order valence-corrected chi connectivity index (χ1v) is 7.09. The quantitative estimate of drug-likeness (QED) is 0.781. The van der Waals surface area contributed by atoms with E-state index in [4.69, 9.17) is 5.11 Å². The largest absolute Gasteiger partial charge is 0.477 e. The topological polar surface area (TPSA) is 54.6 Å². The summed E-state index contributed by atoms with van der Waals surface area (Å²) in [5.74, 6) is -0.894. The summed E-state index contributed by atoms with van der Waals surface area (Å²) in [6.45, 7) is 5.84. The molecule has 2 aromatic heterocycles. The number of carbonyl (C=O) groups is 1. The number of aryl methyl sites for hydroxylation is 3. The minimum atomic E-state index is -0.894. The van der Waals surface area contributed by atoms with E-state index in [-0.39, 0.29) is 0 Å². The van der Waals surface area contributed by atoms with Crippen molar-refractivity contribution in [2.75, 3.05) is 0 Å². The van der Waals surface area contributed by atoms with Crippen LogP contribution in [0.15, 0.2) is 24.3 Å². The Labute approximate surface area is 120 Å². The van der Waals surface area contributed by atoms with Gasteiger partial charge in [-0.15, -0.1) is 0 Å². The summed E-state index contributed by atoms with van der Waals surface area (Å²) in [6.07, 6.45) is 0. The zero-order chi connectivity index (χ0) is 14.4. The predicted octanol–water partition coefficient (Wildman–Crippen LogP) is 3.69. The van der Waals surface area contributed by atoms with Crippen LogP contribution in [0.5, 0.6) is 0 Å². The summed E-state index contributed by atoms with van der Waals surface area (Å²) in [5.41, 5.74) is 4.89. The molecule has 5 heteroatoms. The van der Waals surface area contributed by atoms with E-state index >= 15 is 0 Å². The van der Waals surface area contributed by atoms with Crippen molar-refractivity contribution >= 4 is 22.3 Å². The Hall–Kier alpha value is -2.14. The van der Waals surface area contributed by atoms with Gasteiger partial charge in [0.25, 0.3) is 0 Å². The van der Waals surface area contributed by atoms with Gasteiger partial charge in [0.1, 0.15) is 4.88 Å². The van der Waals surface area contributed by atoms with Gasteiger partial charge in [-0.3, -0.25) is 4.40 Å². The highest BCUT2D eigenvalue weighted by atomic mass is 32.1. The number of fused-ring (bicyclic) bond motifs is 1. The smallest absolute Gasteiger partial charge is 0.347 e. The summed E-state index contributed by atoms with van der Waals surface area (Å²) in [6, 6.07) is 8.19. The van der Waals surface area contributed by atoms with Crippen LogP contribution in [0.25, 0.3) is 16.2 Å². The Morgan fingerprint density at radius 3 is 2.35 bits per heavy atom. The minimum Gasteiger partial charge on any atom is -0.477 e. The van der Waals surface area contributed by atoms with Crippen LogP contribution in [-0.4, -0.2) is 20.5 Å². The summed E-state index contributed by atoms with van der Waals surface area (Å²) in [5, 5.41) is 9.16. The van der Waals surface area contributed by atoms with Crippen LogP contribution in [0.4, 0.5) is 0 Å². The molecule has 102 valence electrons. The van der Waals surface area contributed by atoms with E-state index < -0.39 is 5.97 Å². The van der Waals surface area contributed by atoms with Crippen molar-refractivity contribution in [3.63, 3.8) is 0 Å². The molecule has 20 heavy (non-hydrogen) atoms. The molecular formula is C15H14N2O2S. The lowest BCUT2D eigenvalue weighted by atomic mass is 10.1. The molecule has 0 radical (unpaired) electrons. The molecule has 1 N–H and O–H groups in total. The number of aromatic carboxylic acids is 1. The number of imidazole rings is 1. The molecule has 0 saturated heterocycles. The van der Waals surface area contributed by atoms with Crippen molar-refractivity contribution in [2.45, 2.75) is 20.8 Å². The molecule has 0 amide bonds. The van der Waals surface area contributed by atoms with Crippen LogP contribution in [0.3, 0.4) is 0 Å². The zero-order valence-corrected chi connectivity index (χ0v) is 12.3. The van der Waals surface area contributed by atoms with Crippen LogP contribution >= 0.6 is 11.3 Å². The number of thiazole rings is 1. The molecule has 0 aliphatic carbocycles. The number of carboxylic acid groups (broad SMARTS) is 1. The third kappa shape index (κ3) is 1.82. The van der Waals surface area contributed by atoms with Gasteiger partial charge < -0.3 is 5.11 Å². The first-order chi connectivity index (χ1) is 9.49. The summed E-state index contributed by atoms with van der Waals surface area (Å²) >= 11 is 1.22. The number of hydrogen-bond acceptors (Lipinski definition) is 3. The van der Waals surface area contributed by atoms with E-state index in [2.05, 4.69) is 17.1 Å². The van der Waals surface area contributed by atoms with Crippen LogP contribution < -0.4 is 0 Å². The van der Waals surface area contributed by atoms with Crippen molar-refractivity contribution in [3.8, 4) is 11.3 Å². The van der Waals surface area contributed by atoms with Crippen LogP contribution in [-0.2, 0) is 0 Å². The lowest BCUT2D eigenvalue weighted by molar-refractivity contribution is 0.0701. The van der Waals surface area contributed by atoms with Gasteiger partial charge in [-0.2, -0.15) is 0 Å². The van der Waals surface area contributed by atoms with E-state index in [0.717, 1.165) is 27.6 Å². The van der Waals surface area contributed by atoms with Crippen LogP contribution in [0, 0.1) is 20.8 Å². The SMILES string of the molecule is Cc1ccc(-c2nc3sc(C(=O)O)c(C)n3c2C)cc1. The third-order valence-electron chi connectivity index (χ3n) is 3.45. The standard InChI is InChI=1S/C15H14N2O2S/c1-8-4-6-11(7-5-8)12-9(2)17-10(3)13(14(18)19)20-15(17)16-12/h4-7H,1-3H3,(H,18,19). The number of carboxylic acids is 1. The molecule has 0 unspecified atom stereocenters. The molecule has 0 fully saturated rings. The van der Waals surface area contributed by atoms with Gasteiger partial charge in [0.2, 0.25) is 0 Å². The fraction of sp³-hybridized carbons (Fsp3) is 0.200. The van der Waals surface area contributed by atoms with Crippen LogP contribution in [0.2, 0.25) is 0 Å². The summed E-state index contributed by atoms with van der Waals surface area (Å²) in [7, 11) is 0. The van der Waals surface area contributed by atoms with Gasteiger partial charge in [-0.25, -0.2) is 9.78 Å². The molecular weight excluding hydrogens is 272 g/mol. The molecule has 3 rings (SSSR count). The molecule has 4 nitrogen and oxygen atoms in total. The number of hydrogen-bond donors (Lipinski definition) is 1. The molecule has 0 aliphatic rings. The Morgan fingerprint density at radius 2 is 1.80 bits per heavy atom. The zero-order valence-electron chi connectivity index (χ0n) is 11.5. The molecule has 0 saturated carbocycles. The molecule has 0 atom stereocenters. The van der Waals surface area contributed by atoms with Gasteiger partial charge >= 0.3 is 5.97 Å². The summed E-state index contributed by atoms with van der Waals surface area (Å²) < 4.78 is 1.92. The lowest BCUT2D eigenvalue weighted by Gasteiger charge is -2.01. The second kappa shape index (κ2) is 4.45. The van der Waals surface area contributed by atoms with Crippen molar-refractivity contribution in [2.24, 2.45) is 0 Å². The van der Waals surface area contributed by atoms with E-state index in [1.54, 1.807) is 0 Å².